The standard InChI is InChI=1S/C77H140O6/c1-4-7-10-13-16-19-22-25-28-30-31-32-33-34-35-36-37-38-39-40-41-42-43-44-45-46-47-48-50-52-55-58-61-64-67-70-76(79)82-73-74(72-81-75(78)69-66-63-60-57-54-51-27-24-21-18-15-12-9-6-3)83-77(80)71-68-65-62-59-56-53-49-29-26-23-20-17-14-11-8-5-2/h7,10,16,19,24-25,27-28,31-32,74H,4-6,8-9,11-15,17-18,20-23,26,29-30,33-73H2,1-3H3/b10-7-,19-16-,27-24-,28-25-,32-31-. The maximum absolute atomic E-state index is 12.9. The zero-order valence-electron chi connectivity index (χ0n) is 55.7. The van der Waals surface area contributed by atoms with Gasteiger partial charge in [0.2, 0.25) is 0 Å². The van der Waals surface area contributed by atoms with Crippen LogP contribution >= 0.6 is 0 Å². The summed E-state index contributed by atoms with van der Waals surface area (Å²) in [5.74, 6) is -0.849. The maximum Gasteiger partial charge on any atom is 0.306 e. The molecule has 0 bridgehead atoms. The lowest BCUT2D eigenvalue weighted by atomic mass is 10.0. The van der Waals surface area contributed by atoms with Gasteiger partial charge in [-0.05, 0) is 83.5 Å². The predicted molar refractivity (Wildman–Crippen MR) is 362 cm³/mol. The van der Waals surface area contributed by atoms with E-state index in [0.29, 0.717) is 19.3 Å². The van der Waals surface area contributed by atoms with Crippen molar-refractivity contribution < 1.29 is 28.6 Å². The first-order valence-electron chi connectivity index (χ1n) is 36.8. The van der Waals surface area contributed by atoms with Gasteiger partial charge in [-0.25, -0.2) is 0 Å². The fraction of sp³-hybridized carbons (Fsp3) is 0.831. The highest BCUT2D eigenvalue weighted by molar-refractivity contribution is 5.71. The van der Waals surface area contributed by atoms with Gasteiger partial charge in [0.1, 0.15) is 13.2 Å². The summed E-state index contributed by atoms with van der Waals surface area (Å²) in [6.07, 6.45) is 92.7. The van der Waals surface area contributed by atoms with Crippen LogP contribution in [-0.2, 0) is 28.6 Å². The highest BCUT2D eigenvalue weighted by Gasteiger charge is 2.19. The van der Waals surface area contributed by atoms with E-state index in [2.05, 4.69) is 81.5 Å². The molecule has 0 fully saturated rings. The van der Waals surface area contributed by atoms with E-state index in [1.165, 1.54) is 263 Å². The van der Waals surface area contributed by atoms with Gasteiger partial charge in [-0.2, -0.15) is 0 Å². The van der Waals surface area contributed by atoms with Crippen LogP contribution in [0.3, 0.4) is 0 Å². The van der Waals surface area contributed by atoms with Gasteiger partial charge < -0.3 is 14.2 Å². The smallest absolute Gasteiger partial charge is 0.306 e. The summed E-state index contributed by atoms with van der Waals surface area (Å²) in [4.78, 5) is 38.4. The fourth-order valence-corrected chi connectivity index (χ4v) is 11.0. The first-order chi connectivity index (χ1) is 41.0. The van der Waals surface area contributed by atoms with Crippen molar-refractivity contribution in [1.82, 2.24) is 0 Å². The molecular weight excluding hydrogens is 1020 g/mol. The Morgan fingerprint density at radius 3 is 0.747 bits per heavy atom. The quantitative estimate of drug-likeness (QED) is 0.0261. The second-order valence-electron chi connectivity index (χ2n) is 24.8. The van der Waals surface area contributed by atoms with Gasteiger partial charge in [0.05, 0.1) is 0 Å². The van der Waals surface area contributed by atoms with E-state index < -0.39 is 6.10 Å². The van der Waals surface area contributed by atoms with Crippen molar-refractivity contribution in [2.75, 3.05) is 13.2 Å². The first kappa shape index (κ1) is 80.1. The SMILES string of the molecule is CC/C=C\C/C=C\C/C=C\C/C=C\CCCCCCCCCCCCCCCCCCCCCCCCC(=O)OCC(COC(=O)CCCCCCC/C=C\CCCCCCC)OC(=O)CCCCCCCCCCCCCCCCCC. The van der Waals surface area contributed by atoms with Crippen LogP contribution < -0.4 is 0 Å². The normalized spacial score (nSPS) is 12.4. The van der Waals surface area contributed by atoms with E-state index in [1.54, 1.807) is 0 Å². The maximum atomic E-state index is 12.9. The van der Waals surface area contributed by atoms with Gasteiger partial charge in [0.25, 0.3) is 0 Å². The molecule has 0 aromatic heterocycles. The Labute approximate surface area is 517 Å². The number of unbranched alkanes of at least 4 members (excludes halogenated alkanes) is 47. The largest absolute Gasteiger partial charge is 0.462 e. The second kappa shape index (κ2) is 71.6. The third-order valence-corrected chi connectivity index (χ3v) is 16.5. The number of rotatable bonds is 68. The zero-order valence-corrected chi connectivity index (χ0v) is 55.7. The summed E-state index contributed by atoms with van der Waals surface area (Å²) >= 11 is 0. The van der Waals surface area contributed by atoms with Crippen LogP contribution in [0.25, 0.3) is 0 Å². The summed E-state index contributed by atoms with van der Waals surface area (Å²) in [5.41, 5.74) is 0. The highest BCUT2D eigenvalue weighted by atomic mass is 16.6. The fourth-order valence-electron chi connectivity index (χ4n) is 11.0. The molecule has 484 valence electrons. The molecule has 0 amide bonds. The molecule has 0 aromatic rings. The van der Waals surface area contributed by atoms with E-state index >= 15 is 0 Å². The van der Waals surface area contributed by atoms with Gasteiger partial charge in [0, 0.05) is 19.3 Å². The van der Waals surface area contributed by atoms with Crippen LogP contribution in [0.15, 0.2) is 60.8 Å². The van der Waals surface area contributed by atoms with E-state index in [1.807, 2.05) is 0 Å². The first-order valence-corrected chi connectivity index (χ1v) is 36.8. The molecule has 0 rings (SSSR count). The Balaban J connectivity index is 4.09. The molecule has 0 radical (unpaired) electrons. The van der Waals surface area contributed by atoms with Crippen LogP contribution in [-0.4, -0.2) is 37.2 Å². The van der Waals surface area contributed by atoms with Gasteiger partial charge in [0.15, 0.2) is 6.10 Å². The van der Waals surface area contributed by atoms with Crippen molar-refractivity contribution in [2.45, 2.75) is 399 Å². The van der Waals surface area contributed by atoms with Crippen LogP contribution in [0, 0.1) is 0 Å². The van der Waals surface area contributed by atoms with Crippen molar-refractivity contribution in [3.05, 3.63) is 60.8 Å². The minimum Gasteiger partial charge on any atom is -0.462 e. The molecule has 0 spiro atoms. The lowest BCUT2D eigenvalue weighted by Crippen LogP contribution is -2.30. The average molecular weight is 1160 g/mol. The number of ether oxygens (including phenoxy) is 3. The van der Waals surface area contributed by atoms with Crippen LogP contribution in [0.1, 0.15) is 393 Å². The Morgan fingerprint density at radius 1 is 0.253 bits per heavy atom. The van der Waals surface area contributed by atoms with Gasteiger partial charge in [-0.1, -0.05) is 351 Å². The Kier molecular flexibility index (Phi) is 69.1. The number of allylic oxidation sites excluding steroid dienone is 10. The number of carbonyl (C=O) groups excluding carboxylic acids is 3. The molecule has 0 saturated heterocycles. The van der Waals surface area contributed by atoms with Gasteiger partial charge in [-0.3, -0.25) is 14.4 Å². The van der Waals surface area contributed by atoms with E-state index in [0.717, 1.165) is 89.9 Å². The monoisotopic (exact) mass is 1160 g/mol. The van der Waals surface area contributed by atoms with E-state index in [-0.39, 0.29) is 31.1 Å². The predicted octanol–water partition coefficient (Wildman–Crippen LogP) is 25.5. The molecule has 1 unspecified atom stereocenters. The molecular formula is C77H140O6. The molecule has 83 heavy (non-hydrogen) atoms. The number of hydrogen-bond donors (Lipinski definition) is 0. The van der Waals surface area contributed by atoms with E-state index in [4.69, 9.17) is 14.2 Å². The second-order valence-corrected chi connectivity index (χ2v) is 24.8. The van der Waals surface area contributed by atoms with Crippen LogP contribution in [0.2, 0.25) is 0 Å². The number of esters is 3. The van der Waals surface area contributed by atoms with Crippen molar-refractivity contribution in [3.63, 3.8) is 0 Å². The molecule has 0 heterocycles. The molecule has 0 aliphatic carbocycles. The Hall–Kier alpha value is -2.89. The lowest BCUT2D eigenvalue weighted by Gasteiger charge is -2.18. The zero-order chi connectivity index (χ0) is 59.9. The molecule has 0 aliphatic heterocycles. The van der Waals surface area contributed by atoms with Crippen LogP contribution in [0.4, 0.5) is 0 Å². The van der Waals surface area contributed by atoms with Crippen molar-refractivity contribution >= 4 is 17.9 Å². The minimum absolute atomic E-state index is 0.0695. The summed E-state index contributed by atoms with van der Waals surface area (Å²) < 4.78 is 17.0. The molecule has 0 N–H and O–H groups in total. The number of hydrogen-bond acceptors (Lipinski definition) is 6. The minimum atomic E-state index is -0.773. The van der Waals surface area contributed by atoms with Crippen molar-refractivity contribution in [1.29, 1.82) is 0 Å². The summed E-state index contributed by atoms with van der Waals surface area (Å²) in [7, 11) is 0. The third-order valence-electron chi connectivity index (χ3n) is 16.5. The van der Waals surface area contributed by atoms with Gasteiger partial charge >= 0.3 is 17.9 Å². The summed E-state index contributed by atoms with van der Waals surface area (Å²) in [6, 6.07) is 0. The van der Waals surface area contributed by atoms with Gasteiger partial charge in [-0.15, -0.1) is 0 Å². The molecule has 0 saturated carbocycles. The Morgan fingerprint density at radius 2 is 0.470 bits per heavy atom. The molecule has 1 atom stereocenters. The van der Waals surface area contributed by atoms with Crippen LogP contribution in [0.5, 0.6) is 0 Å². The summed E-state index contributed by atoms with van der Waals surface area (Å²) in [6.45, 7) is 6.58. The van der Waals surface area contributed by atoms with Crippen molar-refractivity contribution in [2.24, 2.45) is 0 Å². The lowest BCUT2D eigenvalue weighted by molar-refractivity contribution is -0.167. The molecule has 6 heteroatoms. The number of carbonyl (C=O) groups is 3. The highest BCUT2D eigenvalue weighted by Crippen LogP contribution is 2.19. The summed E-state index contributed by atoms with van der Waals surface area (Å²) in [5, 5.41) is 0. The molecule has 0 aliphatic rings. The molecule has 6 nitrogen and oxygen atoms in total. The van der Waals surface area contributed by atoms with E-state index in [9.17, 15) is 14.4 Å². The Bertz CT molecular complexity index is 1470. The molecule has 0 aromatic carbocycles. The topological polar surface area (TPSA) is 78.9 Å². The third kappa shape index (κ3) is 69.8. The van der Waals surface area contributed by atoms with Crippen molar-refractivity contribution in [3.8, 4) is 0 Å². The average Bonchev–Trinajstić information content (AvgIpc) is 3.49.